The summed E-state index contributed by atoms with van der Waals surface area (Å²) in [5.41, 5.74) is 1.57. The maximum absolute atomic E-state index is 10.5. The number of hydrogen-bond donors (Lipinski definition) is 2. The topological polar surface area (TPSA) is 74.6 Å². The van der Waals surface area contributed by atoms with Gasteiger partial charge in [0.1, 0.15) is 0 Å². The lowest BCUT2D eigenvalue weighted by Crippen LogP contribution is -2.06. The zero-order chi connectivity index (χ0) is 20.8. The fourth-order valence-corrected chi connectivity index (χ4v) is 1.38. The minimum Gasteiger partial charge on any atom is -0.478 e. The zero-order valence-corrected chi connectivity index (χ0v) is 17.2. The number of aliphatic carboxylic acids is 2. The van der Waals surface area contributed by atoms with Crippen molar-refractivity contribution in [2.75, 3.05) is 0 Å². The number of rotatable bonds is 8. The molecule has 0 aromatic carbocycles. The van der Waals surface area contributed by atoms with Crippen molar-refractivity contribution < 1.29 is 19.8 Å². The van der Waals surface area contributed by atoms with Crippen LogP contribution in [-0.4, -0.2) is 22.2 Å². The van der Waals surface area contributed by atoms with Crippen LogP contribution in [0.3, 0.4) is 0 Å². The van der Waals surface area contributed by atoms with Gasteiger partial charge in [-0.2, -0.15) is 0 Å². The normalized spacial score (nSPS) is 9.32. The van der Waals surface area contributed by atoms with Gasteiger partial charge in [-0.15, -0.1) is 0 Å². The molecule has 0 aliphatic heterocycles. The van der Waals surface area contributed by atoms with Crippen molar-refractivity contribution in [3.63, 3.8) is 0 Å². The zero-order valence-electron chi connectivity index (χ0n) is 14.9. The van der Waals surface area contributed by atoms with E-state index in [1.54, 1.807) is 0 Å². The van der Waals surface area contributed by atoms with Gasteiger partial charge in [-0.25, -0.2) is 9.59 Å². The van der Waals surface area contributed by atoms with E-state index in [1.807, 2.05) is 0 Å². The smallest absolute Gasteiger partial charge is 0.330 e. The molecule has 0 aromatic heterocycles. The van der Waals surface area contributed by atoms with Gasteiger partial charge in [0, 0.05) is 11.6 Å². The highest BCUT2D eigenvalue weighted by atomic mass is 35.5. The summed E-state index contributed by atoms with van der Waals surface area (Å²) in [5, 5.41) is 16.3. The molecule has 0 spiro atoms. The highest BCUT2D eigenvalue weighted by Crippen LogP contribution is 2.20. The molecule has 0 heterocycles. The molecule has 0 amide bonds. The predicted octanol–water partition coefficient (Wildman–Crippen LogP) is 6.79. The van der Waals surface area contributed by atoms with Crippen LogP contribution in [0.2, 0.25) is 0 Å². The number of carboxylic acids is 2. The predicted molar refractivity (Wildman–Crippen MR) is 109 cm³/mol. The third kappa shape index (κ3) is 45.0. The van der Waals surface area contributed by atoms with Crippen LogP contribution >= 0.6 is 34.8 Å². The van der Waals surface area contributed by atoms with E-state index in [9.17, 15) is 9.59 Å². The van der Waals surface area contributed by atoms with Gasteiger partial charge in [-0.3, -0.25) is 0 Å². The van der Waals surface area contributed by atoms with E-state index in [0.717, 1.165) is 18.9 Å². The van der Waals surface area contributed by atoms with E-state index in [2.05, 4.69) is 40.2 Å². The van der Waals surface area contributed by atoms with Gasteiger partial charge >= 0.3 is 11.9 Å². The molecule has 0 aromatic rings. The van der Waals surface area contributed by atoms with Crippen LogP contribution in [0.5, 0.6) is 0 Å². The molecular weight excluding hydrogens is 387 g/mol. The Morgan fingerprint density at radius 1 is 1.12 bits per heavy atom. The van der Waals surface area contributed by atoms with Crippen LogP contribution in [0.4, 0.5) is 0 Å². The minimum atomic E-state index is -0.981. The Hall–Kier alpha value is -1.23. The summed E-state index contributed by atoms with van der Waals surface area (Å²) in [6, 6.07) is 0. The Morgan fingerprint density at radius 2 is 1.48 bits per heavy atom. The molecule has 0 saturated heterocycles. The highest BCUT2D eigenvalue weighted by molar-refractivity contribution is 6.55. The summed E-state index contributed by atoms with van der Waals surface area (Å²) in [4.78, 5) is 19.8. The monoisotopic (exact) mass is 414 g/mol. The van der Waals surface area contributed by atoms with Gasteiger partial charge in [-0.05, 0) is 17.9 Å². The van der Waals surface area contributed by atoms with Gasteiger partial charge in [0.2, 0.25) is 0 Å². The molecular formula is C18H29Cl3O4. The van der Waals surface area contributed by atoms with Crippen molar-refractivity contribution in [2.24, 2.45) is 5.92 Å². The van der Waals surface area contributed by atoms with Crippen LogP contribution < -0.4 is 0 Å². The molecule has 146 valence electrons. The van der Waals surface area contributed by atoms with E-state index < -0.39 is 11.9 Å². The Kier molecular flexibility index (Phi) is 31.6. The van der Waals surface area contributed by atoms with E-state index in [0.29, 0.717) is 17.9 Å². The highest BCUT2D eigenvalue weighted by Gasteiger charge is 2.11. The van der Waals surface area contributed by atoms with Gasteiger partial charge < -0.3 is 10.2 Å². The quantitative estimate of drug-likeness (QED) is 0.428. The third-order valence-electron chi connectivity index (χ3n) is 2.56. The molecule has 4 nitrogen and oxygen atoms in total. The largest absolute Gasteiger partial charge is 0.478 e. The third-order valence-corrected chi connectivity index (χ3v) is 2.56. The summed E-state index contributed by atoms with van der Waals surface area (Å²) < 4.78 is 0.111. The molecule has 1 atom stereocenters. The molecule has 0 bridgehead atoms. The van der Waals surface area contributed by atoms with Crippen LogP contribution in [0, 0.1) is 5.92 Å². The van der Waals surface area contributed by atoms with Crippen molar-refractivity contribution in [3.05, 3.63) is 48.0 Å². The van der Waals surface area contributed by atoms with Crippen molar-refractivity contribution in [1.82, 2.24) is 0 Å². The molecule has 0 saturated carbocycles. The summed E-state index contributed by atoms with van der Waals surface area (Å²) in [7, 11) is 0. The minimum absolute atomic E-state index is 0.111. The second kappa shape index (κ2) is 25.0. The van der Waals surface area contributed by atoms with E-state index in [1.165, 1.54) is 18.4 Å². The van der Waals surface area contributed by atoms with Gasteiger partial charge in [0.15, 0.2) is 0 Å². The van der Waals surface area contributed by atoms with E-state index in [-0.39, 0.29) is 4.49 Å². The Labute approximate surface area is 166 Å². The maximum Gasteiger partial charge on any atom is 0.330 e. The fraction of sp³-hybridized carbons (Fsp3) is 0.444. The second-order valence-electron chi connectivity index (χ2n) is 4.56. The molecule has 0 radical (unpaired) electrons. The molecule has 1 unspecified atom stereocenters. The first-order valence-electron chi connectivity index (χ1n) is 7.51. The molecule has 0 aliphatic rings. The molecule has 7 heteroatoms. The van der Waals surface area contributed by atoms with Gasteiger partial charge in [0.25, 0.3) is 0 Å². The SMILES string of the molecule is C=C(CC(CC)CCCC)C(=O)O.C=C(Cl)Cl.C=CC(=O)O.C=CCl. The fourth-order valence-electron chi connectivity index (χ4n) is 1.38. The van der Waals surface area contributed by atoms with Crippen molar-refractivity contribution >= 4 is 46.7 Å². The first-order chi connectivity index (χ1) is 11.5. The van der Waals surface area contributed by atoms with Crippen molar-refractivity contribution in [3.8, 4) is 0 Å². The lowest BCUT2D eigenvalue weighted by atomic mass is 9.92. The van der Waals surface area contributed by atoms with Crippen LogP contribution in [0.1, 0.15) is 46.0 Å². The van der Waals surface area contributed by atoms with Gasteiger partial charge in [0.05, 0.1) is 4.49 Å². The van der Waals surface area contributed by atoms with Crippen molar-refractivity contribution in [2.45, 2.75) is 46.0 Å². The first kappa shape index (κ1) is 31.5. The average molecular weight is 416 g/mol. The van der Waals surface area contributed by atoms with Crippen LogP contribution in [0.15, 0.2) is 48.0 Å². The lowest BCUT2D eigenvalue weighted by molar-refractivity contribution is -0.133. The molecule has 2 N–H and O–H groups in total. The number of carboxylic acid groups (broad SMARTS) is 2. The second-order valence-corrected chi connectivity index (χ2v) is 5.98. The summed E-state index contributed by atoms with van der Waals surface area (Å²) in [6.45, 7) is 17.0. The Morgan fingerprint density at radius 3 is 1.68 bits per heavy atom. The number of carbonyl (C=O) groups is 2. The number of halogens is 3. The van der Waals surface area contributed by atoms with Gasteiger partial charge in [-0.1, -0.05) is 101 Å². The van der Waals surface area contributed by atoms with Crippen LogP contribution in [-0.2, 0) is 9.59 Å². The van der Waals surface area contributed by atoms with Crippen LogP contribution in [0.25, 0.3) is 0 Å². The number of unbranched alkanes of at least 4 members (excludes halogenated alkanes) is 1. The van der Waals surface area contributed by atoms with Crippen molar-refractivity contribution in [1.29, 1.82) is 0 Å². The Bertz CT molecular complexity index is 403. The molecule has 0 fully saturated rings. The molecule has 25 heavy (non-hydrogen) atoms. The molecule has 0 rings (SSSR count). The summed E-state index contributed by atoms with van der Waals surface area (Å²) in [6.07, 6.45) is 6.01. The van der Waals surface area contributed by atoms with E-state index >= 15 is 0 Å². The number of hydrogen-bond acceptors (Lipinski definition) is 2. The van der Waals surface area contributed by atoms with E-state index in [4.69, 9.17) is 45.0 Å². The standard InChI is InChI=1S/C11H20O2.C3H4O2.C2H2Cl2.C2H3Cl/c1-4-6-7-10(5-2)8-9(3)11(12)13;1-2-3(4)5;1-2(3)4;1-2-3/h10H,3-8H2,1-2H3,(H,12,13);2H,1H2,(H,4,5);1H2;2H,1H2. The maximum atomic E-state index is 10.5. The average Bonchev–Trinajstić information content (AvgIpc) is 2.51. The first-order valence-corrected chi connectivity index (χ1v) is 8.70. The molecule has 0 aliphatic carbocycles. The lowest BCUT2D eigenvalue weighted by Gasteiger charge is -2.13. The Balaban J connectivity index is -0.000000151. The summed E-state index contributed by atoms with van der Waals surface area (Å²) >= 11 is 14.5. The summed E-state index contributed by atoms with van der Waals surface area (Å²) in [5.74, 6) is -1.33.